The molecular weight excluding hydrogens is 335 g/mol. The third kappa shape index (κ3) is 3.15. The Morgan fingerprint density at radius 1 is 1.04 bits per heavy atom. The van der Waals surface area contributed by atoms with Gasteiger partial charge >= 0.3 is 0 Å². The number of pyridine rings is 1. The van der Waals surface area contributed by atoms with Crippen LogP contribution in [0.3, 0.4) is 0 Å². The molecule has 0 spiro atoms. The molecule has 0 saturated carbocycles. The van der Waals surface area contributed by atoms with Gasteiger partial charge in [-0.05, 0) is 48.4 Å². The molecule has 0 fully saturated rings. The molecular formula is C21H16ClFN2. The number of imidazole rings is 1. The molecule has 124 valence electrons. The van der Waals surface area contributed by atoms with Crippen molar-refractivity contribution in [3.8, 4) is 11.3 Å². The van der Waals surface area contributed by atoms with Crippen molar-refractivity contribution in [3.05, 3.63) is 94.5 Å². The second-order valence-corrected chi connectivity index (χ2v) is 6.59. The van der Waals surface area contributed by atoms with Gasteiger partial charge in [-0.15, -0.1) is 0 Å². The van der Waals surface area contributed by atoms with Gasteiger partial charge in [0.2, 0.25) is 0 Å². The Bertz CT molecular complexity index is 1050. The highest BCUT2D eigenvalue weighted by Crippen LogP contribution is 2.28. The molecule has 4 heteroatoms. The number of fused-ring (bicyclic) bond motifs is 1. The normalized spacial score (nSPS) is 11.2. The van der Waals surface area contributed by atoms with Crippen LogP contribution in [-0.2, 0) is 6.42 Å². The van der Waals surface area contributed by atoms with Crippen molar-refractivity contribution < 1.29 is 4.39 Å². The van der Waals surface area contributed by atoms with E-state index < -0.39 is 0 Å². The first-order valence-corrected chi connectivity index (χ1v) is 8.46. The highest BCUT2D eigenvalue weighted by molar-refractivity contribution is 6.30. The number of hydrogen-bond acceptors (Lipinski definition) is 1. The third-order valence-electron chi connectivity index (χ3n) is 4.24. The number of nitrogens with zero attached hydrogens (tertiary/aromatic N) is 2. The summed E-state index contributed by atoms with van der Waals surface area (Å²) in [6.45, 7) is 2.05. The molecule has 4 rings (SSSR count). The molecule has 2 aromatic heterocycles. The molecule has 0 N–H and O–H groups in total. The highest BCUT2D eigenvalue weighted by Gasteiger charge is 2.15. The van der Waals surface area contributed by atoms with Crippen LogP contribution in [0.5, 0.6) is 0 Å². The SMILES string of the molecule is Cc1ccc2nc(-c3ccc(Cl)cc3)c(Cc3cccc(F)c3)n2c1. The number of aromatic nitrogens is 2. The van der Waals surface area contributed by atoms with Crippen molar-refractivity contribution in [1.82, 2.24) is 9.38 Å². The third-order valence-corrected chi connectivity index (χ3v) is 4.50. The molecule has 2 aromatic carbocycles. The van der Waals surface area contributed by atoms with Crippen molar-refractivity contribution in [2.45, 2.75) is 13.3 Å². The smallest absolute Gasteiger partial charge is 0.137 e. The standard InChI is InChI=1S/C21H16ClFN2/c1-14-5-10-20-24-21(16-6-8-17(22)9-7-16)19(25(20)13-14)12-15-3-2-4-18(23)11-15/h2-11,13H,12H2,1H3. The summed E-state index contributed by atoms with van der Waals surface area (Å²) in [5.41, 5.74) is 5.86. The average molecular weight is 351 g/mol. The van der Waals surface area contributed by atoms with E-state index in [4.69, 9.17) is 16.6 Å². The summed E-state index contributed by atoms with van der Waals surface area (Å²) in [7, 11) is 0. The summed E-state index contributed by atoms with van der Waals surface area (Å²) < 4.78 is 15.7. The molecule has 4 aromatic rings. The molecule has 0 amide bonds. The lowest BCUT2D eigenvalue weighted by molar-refractivity contribution is 0.626. The van der Waals surface area contributed by atoms with E-state index in [9.17, 15) is 4.39 Å². The summed E-state index contributed by atoms with van der Waals surface area (Å²) in [6, 6.07) is 18.4. The first-order valence-electron chi connectivity index (χ1n) is 8.08. The van der Waals surface area contributed by atoms with Crippen LogP contribution in [-0.4, -0.2) is 9.38 Å². The maximum Gasteiger partial charge on any atom is 0.137 e. The van der Waals surface area contributed by atoms with Crippen LogP contribution in [0.4, 0.5) is 4.39 Å². The van der Waals surface area contributed by atoms with Crippen LogP contribution < -0.4 is 0 Å². The largest absolute Gasteiger partial charge is 0.303 e. The molecule has 0 bridgehead atoms. The number of hydrogen-bond donors (Lipinski definition) is 0. The van der Waals surface area contributed by atoms with E-state index in [0.29, 0.717) is 11.4 Å². The zero-order valence-corrected chi connectivity index (χ0v) is 14.5. The fraction of sp³-hybridized carbons (Fsp3) is 0.0952. The summed E-state index contributed by atoms with van der Waals surface area (Å²) in [4.78, 5) is 4.80. The van der Waals surface area contributed by atoms with Crippen LogP contribution in [0, 0.1) is 12.7 Å². The number of benzene rings is 2. The molecule has 0 unspecified atom stereocenters. The summed E-state index contributed by atoms with van der Waals surface area (Å²) in [5, 5.41) is 0.690. The Balaban J connectivity index is 1.91. The minimum Gasteiger partial charge on any atom is -0.303 e. The Hall–Kier alpha value is -2.65. The van der Waals surface area contributed by atoms with E-state index in [2.05, 4.69) is 10.6 Å². The van der Waals surface area contributed by atoms with E-state index in [1.807, 2.05) is 49.4 Å². The van der Waals surface area contributed by atoms with Gasteiger partial charge in [0.1, 0.15) is 11.5 Å². The van der Waals surface area contributed by atoms with Crippen molar-refractivity contribution in [2.75, 3.05) is 0 Å². The minimum atomic E-state index is -0.226. The first kappa shape index (κ1) is 15.9. The van der Waals surface area contributed by atoms with Crippen LogP contribution >= 0.6 is 11.6 Å². The van der Waals surface area contributed by atoms with Crippen molar-refractivity contribution in [3.63, 3.8) is 0 Å². The zero-order chi connectivity index (χ0) is 17.4. The molecule has 0 aliphatic heterocycles. The summed E-state index contributed by atoms with van der Waals surface area (Å²) >= 11 is 6.02. The highest BCUT2D eigenvalue weighted by atomic mass is 35.5. The van der Waals surface area contributed by atoms with Gasteiger partial charge in [-0.25, -0.2) is 9.37 Å². The second-order valence-electron chi connectivity index (χ2n) is 6.16. The first-order chi connectivity index (χ1) is 12.1. The molecule has 0 atom stereocenters. The summed E-state index contributed by atoms with van der Waals surface area (Å²) in [6.07, 6.45) is 2.66. The average Bonchev–Trinajstić information content (AvgIpc) is 2.93. The topological polar surface area (TPSA) is 17.3 Å². The van der Waals surface area contributed by atoms with E-state index >= 15 is 0 Å². The monoisotopic (exact) mass is 350 g/mol. The lowest BCUT2D eigenvalue weighted by Gasteiger charge is -2.07. The quantitative estimate of drug-likeness (QED) is 0.463. The fourth-order valence-corrected chi connectivity index (χ4v) is 3.17. The van der Waals surface area contributed by atoms with Gasteiger partial charge in [0, 0.05) is 23.2 Å². The van der Waals surface area contributed by atoms with Gasteiger partial charge in [0.05, 0.1) is 11.4 Å². The van der Waals surface area contributed by atoms with Crippen LogP contribution in [0.2, 0.25) is 5.02 Å². The Morgan fingerprint density at radius 3 is 2.60 bits per heavy atom. The van der Waals surface area contributed by atoms with E-state index in [0.717, 1.165) is 33.7 Å². The van der Waals surface area contributed by atoms with Crippen LogP contribution in [0.25, 0.3) is 16.9 Å². The Morgan fingerprint density at radius 2 is 1.84 bits per heavy atom. The molecule has 25 heavy (non-hydrogen) atoms. The predicted molar refractivity (Wildman–Crippen MR) is 99.6 cm³/mol. The molecule has 0 saturated heterocycles. The Kier molecular flexibility index (Phi) is 4.02. The number of halogens is 2. The number of rotatable bonds is 3. The Labute approximate surface area is 150 Å². The van der Waals surface area contributed by atoms with Crippen LogP contribution in [0.15, 0.2) is 66.9 Å². The van der Waals surface area contributed by atoms with Gasteiger partial charge < -0.3 is 4.40 Å². The second kappa shape index (κ2) is 6.34. The fourth-order valence-electron chi connectivity index (χ4n) is 3.05. The minimum absolute atomic E-state index is 0.226. The molecule has 2 nitrogen and oxygen atoms in total. The van der Waals surface area contributed by atoms with Crippen molar-refractivity contribution >= 4 is 17.2 Å². The zero-order valence-electron chi connectivity index (χ0n) is 13.7. The maximum atomic E-state index is 13.6. The molecule has 0 aliphatic rings. The lowest BCUT2D eigenvalue weighted by atomic mass is 10.0. The van der Waals surface area contributed by atoms with Gasteiger partial charge in [0.25, 0.3) is 0 Å². The molecule has 0 radical (unpaired) electrons. The van der Waals surface area contributed by atoms with Gasteiger partial charge in [-0.3, -0.25) is 0 Å². The van der Waals surface area contributed by atoms with E-state index in [-0.39, 0.29) is 5.82 Å². The predicted octanol–water partition coefficient (Wildman–Crippen LogP) is 5.69. The van der Waals surface area contributed by atoms with Gasteiger partial charge in [-0.1, -0.05) is 41.9 Å². The maximum absolute atomic E-state index is 13.6. The molecule has 2 heterocycles. The van der Waals surface area contributed by atoms with Gasteiger partial charge in [0.15, 0.2) is 0 Å². The van der Waals surface area contributed by atoms with E-state index in [1.54, 1.807) is 12.1 Å². The lowest BCUT2D eigenvalue weighted by Crippen LogP contribution is -1.97. The molecule has 0 aliphatic carbocycles. The number of aryl methyl sites for hydroxylation is 1. The van der Waals surface area contributed by atoms with Gasteiger partial charge in [-0.2, -0.15) is 0 Å². The van der Waals surface area contributed by atoms with Crippen molar-refractivity contribution in [1.29, 1.82) is 0 Å². The van der Waals surface area contributed by atoms with Crippen molar-refractivity contribution in [2.24, 2.45) is 0 Å². The van der Waals surface area contributed by atoms with Crippen LogP contribution in [0.1, 0.15) is 16.8 Å². The van der Waals surface area contributed by atoms with E-state index in [1.165, 1.54) is 6.07 Å². The summed E-state index contributed by atoms with van der Waals surface area (Å²) in [5.74, 6) is -0.226.